The molecule has 0 bridgehead atoms. The molecule has 19 heavy (non-hydrogen) atoms. The van der Waals surface area contributed by atoms with Crippen LogP contribution in [0.3, 0.4) is 0 Å². The van der Waals surface area contributed by atoms with E-state index in [1.54, 1.807) is 12.3 Å². The molecule has 1 N–H and O–H groups in total. The van der Waals surface area contributed by atoms with E-state index in [4.69, 9.17) is 0 Å². The molecule has 1 aliphatic rings. The fraction of sp³-hybridized carbons (Fsp3) is 0.643. The van der Waals surface area contributed by atoms with Crippen molar-refractivity contribution in [2.24, 2.45) is 0 Å². The highest BCUT2D eigenvalue weighted by atomic mass is 19.1. The van der Waals surface area contributed by atoms with Gasteiger partial charge in [0, 0.05) is 37.9 Å². The Labute approximate surface area is 114 Å². The molecule has 2 heterocycles. The second kappa shape index (κ2) is 6.30. The van der Waals surface area contributed by atoms with Gasteiger partial charge >= 0.3 is 0 Å². The highest BCUT2D eigenvalue weighted by Crippen LogP contribution is 2.21. The van der Waals surface area contributed by atoms with Crippen molar-refractivity contribution in [1.82, 2.24) is 15.2 Å². The van der Waals surface area contributed by atoms with Gasteiger partial charge in [-0.3, -0.25) is 0 Å². The molecule has 0 aliphatic carbocycles. The van der Waals surface area contributed by atoms with Crippen molar-refractivity contribution in [3.05, 3.63) is 23.6 Å². The number of likely N-dealkylation sites (tertiary alicyclic amines) is 1. The summed E-state index contributed by atoms with van der Waals surface area (Å²) in [5, 5.41) is 2.98. The largest absolute Gasteiger partial charge is 0.356 e. The minimum Gasteiger partial charge on any atom is -0.356 e. The zero-order valence-electron chi connectivity index (χ0n) is 12.0. The molecule has 0 saturated carbocycles. The molecule has 5 heteroatoms. The van der Waals surface area contributed by atoms with Crippen LogP contribution in [0.1, 0.15) is 18.4 Å². The maximum atomic E-state index is 14.3. The van der Waals surface area contributed by atoms with Gasteiger partial charge in [-0.05, 0) is 39.5 Å². The lowest BCUT2D eigenvalue weighted by molar-refractivity contribution is 0.313. The number of pyridine rings is 1. The van der Waals surface area contributed by atoms with Crippen molar-refractivity contribution in [3.63, 3.8) is 0 Å². The molecule has 1 atom stereocenters. The molecule has 0 aromatic carbocycles. The van der Waals surface area contributed by atoms with Crippen LogP contribution in [0.4, 0.5) is 10.2 Å². The Hall–Kier alpha value is -1.20. The molecule has 1 unspecified atom stereocenters. The van der Waals surface area contributed by atoms with E-state index in [1.165, 1.54) is 12.8 Å². The van der Waals surface area contributed by atoms with E-state index in [0.29, 0.717) is 24.0 Å². The van der Waals surface area contributed by atoms with Crippen molar-refractivity contribution >= 4 is 5.82 Å². The van der Waals surface area contributed by atoms with E-state index in [0.717, 1.165) is 13.1 Å². The van der Waals surface area contributed by atoms with Crippen LogP contribution in [-0.4, -0.2) is 50.2 Å². The fourth-order valence-corrected chi connectivity index (χ4v) is 2.68. The number of nitrogens with one attached hydrogen (secondary N) is 1. The number of nitrogens with zero attached hydrogens (tertiary/aromatic N) is 3. The third-order valence-electron chi connectivity index (χ3n) is 3.84. The van der Waals surface area contributed by atoms with Gasteiger partial charge in [0.25, 0.3) is 0 Å². The van der Waals surface area contributed by atoms with Crippen molar-refractivity contribution < 1.29 is 4.39 Å². The van der Waals surface area contributed by atoms with Crippen LogP contribution >= 0.6 is 0 Å². The van der Waals surface area contributed by atoms with Gasteiger partial charge in [0.05, 0.1) is 0 Å². The van der Waals surface area contributed by atoms with Crippen molar-refractivity contribution in [2.75, 3.05) is 39.1 Å². The van der Waals surface area contributed by atoms with Gasteiger partial charge in [0.15, 0.2) is 11.6 Å². The monoisotopic (exact) mass is 266 g/mol. The predicted molar refractivity (Wildman–Crippen MR) is 75.9 cm³/mol. The second-order valence-electron chi connectivity index (χ2n) is 5.30. The van der Waals surface area contributed by atoms with Crippen LogP contribution in [0.15, 0.2) is 12.3 Å². The number of hydrogen-bond donors (Lipinski definition) is 1. The molecule has 1 aromatic heterocycles. The summed E-state index contributed by atoms with van der Waals surface area (Å²) in [5.74, 6) is 0.244. The molecule has 1 aromatic rings. The number of aromatic nitrogens is 1. The molecule has 0 radical (unpaired) electrons. The number of anilines is 1. The third-order valence-corrected chi connectivity index (χ3v) is 3.84. The summed E-state index contributed by atoms with van der Waals surface area (Å²) in [6.45, 7) is 2.48. The summed E-state index contributed by atoms with van der Waals surface area (Å²) in [7, 11) is 5.87. The van der Waals surface area contributed by atoms with E-state index >= 15 is 0 Å². The van der Waals surface area contributed by atoms with E-state index < -0.39 is 0 Å². The molecular formula is C14H23FN4. The molecule has 1 fully saturated rings. The van der Waals surface area contributed by atoms with Gasteiger partial charge < -0.3 is 15.1 Å². The quantitative estimate of drug-likeness (QED) is 0.874. The second-order valence-corrected chi connectivity index (χ2v) is 5.30. The molecule has 0 spiro atoms. The van der Waals surface area contributed by atoms with Gasteiger partial charge in [-0.1, -0.05) is 0 Å². The lowest BCUT2D eigenvalue weighted by atomic mass is 10.2. The molecule has 2 rings (SSSR count). The summed E-state index contributed by atoms with van der Waals surface area (Å²) in [6, 6.07) is 2.23. The number of rotatable bonds is 5. The van der Waals surface area contributed by atoms with Gasteiger partial charge in [-0.2, -0.15) is 0 Å². The summed E-state index contributed by atoms with van der Waals surface area (Å²) >= 11 is 0. The predicted octanol–water partition coefficient (Wildman–Crippen LogP) is 1.47. The highest BCUT2D eigenvalue weighted by molar-refractivity contribution is 5.42. The first-order chi connectivity index (χ1) is 9.13. The minimum atomic E-state index is -0.208. The lowest BCUT2D eigenvalue weighted by Crippen LogP contribution is -2.37. The van der Waals surface area contributed by atoms with Crippen LogP contribution in [0, 0.1) is 5.82 Å². The summed E-state index contributed by atoms with van der Waals surface area (Å²) in [6.07, 6.45) is 4.09. The average Bonchev–Trinajstić information content (AvgIpc) is 2.78. The first kappa shape index (κ1) is 14.2. The Balaban J connectivity index is 2.10. The van der Waals surface area contributed by atoms with Crippen molar-refractivity contribution in [2.45, 2.75) is 25.4 Å². The molecule has 1 saturated heterocycles. The van der Waals surface area contributed by atoms with Crippen LogP contribution in [0.5, 0.6) is 0 Å². The Kier molecular flexibility index (Phi) is 4.71. The topological polar surface area (TPSA) is 31.4 Å². The summed E-state index contributed by atoms with van der Waals surface area (Å²) in [4.78, 5) is 8.46. The smallest absolute Gasteiger partial charge is 0.170 e. The standard InChI is InChI=1S/C14H23FN4/c1-16-9-11-6-7-17-14(13(11)15)19(3)10-12-5-4-8-18(12)2/h6-7,12,16H,4-5,8-10H2,1-3H3. The molecule has 106 valence electrons. The molecule has 1 aliphatic heterocycles. The summed E-state index contributed by atoms with van der Waals surface area (Å²) in [5.41, 5.74) is 0.666. The first-order valence-corrected chi connectivity index (χ1v) is 6.83. The van der Waals surface area contributed by atoms with Gasteiger partial charge in [0.1, 0.15) is 0 Å². The van der Waals surface area contributed by atoms with Crippen LogP contribution in [0.25, 0.3) is 0 Å². The van der Waals surface area contributed by atoms with Crippen molar-refractivity contribution in [3.8, 4) is 0 Å². The van der Waals surface area contributed by atoms with E-state index in [-0.39, 0.29) is 5.82 Å². The fourth-order valence-electron chi connectivity index (χ4n) is 2.68. The number of hydrogen-bond acceptors (Lipinski definition) is 4. The van der Waals surface area contributed by atoms with E-state index in [1.807, 2.05) is 19.0 Å². The zero-order valence-corrected chi connectivity index (χ0v) is 12.0. The van der Waals surface area contributed by atoms with Gasteiger partial charge in [-0.15, -0.1) is 0 Å². The minimum absolute atomic E-state index is 0.208. The third kappa shape index (κ3) is 3.22. The Morgan fingerprint density at radius 3 is 3.00 bits per heavy atom. The maximum Gasteiger partial charge on any atom is 0.170 e. The SMILES string of the molecule is CNCc1ccnc(N(C)CC2CCCN2C)c1F. The normalized spacial score (nSPS) is 19.9. The van der Waals surface area contributed by atoms with Crippen LogP contribution in [-0.2, 0) is 6.54 Å². The highest BCUT2D eigenvalue weighted by Gasteiger charge is 2.23. The van der Waals surface area contributed by atoms with E-state index in [2.05, 4.69) is 22.2 Å². The molecular weight excluding hydrogens is 243 g/mol. The van der Waals surface area contributed by atoms with Crippen LogP contribution in [0.2, 0.25) is 0 Å². The number of likely N-dealkylation sites (N-methyl/N-ethyl adjacent to an activating group) is 2. The van der Waals surface area contributed by atoms with Crippen LogP contribution < -0.4 is 10.2 Å². The first-order valence-electron chi connectivity index (χ1n) is 6.83. The van der Waals surface area contributed by atoms with Crippen molar-refractivity contribution in [1.29, 1.82) is 0 Å². The molecule has 0 amide bonds. The average molecular weight is 266 g/mol. The Morgan fingerprint density at radius 1 is 1.58 bits per heavy atom. The lowest BCUT2D eigenvalue weighted by Gasteiger charge is -2.27. The Bertz CT molecular complexity index is 424. The zero-order chi connectivity index (χ0) is 13.8. The Morgan fingerprint density at radius 2 is 2.37 bits per heavy atom. The summed E-state index contributed by atoms with van der Waals surface area (Å²) < 4.78 is 14.3. The number of halogens is 1. The van der Waals surface area contributed by atoms with Gasteiger partial charge in [-0.25, -0.2) is 9.37 Å². The maximum absolute atomic E-state index is 14.3. The van der Waals surface area contributed by atoms with Gasteiger partial charge in [0.2, 0.25) is 0 Å². The molecule has 4 nitrogen and oxygen atoms in total. The van der Waals surface area contributed by atoms with E-state index in [9.17, 15) is 4.39 Å².